The first-order chi connectivity index (χ1) is 15.0. The Balaban J connectivity index is 1.42. The van der Waals surface area contributed by atoms with Crippen LogP contribution in [0.25, 0.3) is 21.9 Å². The molecular weight excluding hydrogens is 416 g/mol. The van der Waals surface area contributed by atoms with Gasteiger partial charge < -0.3 is 19.5 Å². The van der Waals surface area contributed by atoms with Gasteiger partial charge in [0.05, 0.1) is 5.02 Å². The number of para-hydroxylation sites is 1. The molecule has 2 N–H and O–H groups in total. The number of hydrogen-bond acceptors (Lipinski definition) is 4. The van der Waals surface area contributed by atoms with Crippen molar-refractivity contribution in [2.45, 2.75) is 32.8 Å². The van der Waals surface area contributed by atoms with Crippen molar-refractivity contribution in [2.24, 2.45) is 0 Å². The molecule has 0 unspecified atom stereocenters. The van der Waals surface area contributed by atoms with E-state index in [9.17, 15) is 9.59 Å². The van der Waals surface area contributed by atoms with Crippen LogP contribution >= 0.6 is 11.6 Å². The third kappa shape index (κ3) is 4.44. The van der Waals surface area contributed by atoms with E-state index < -0.39 is 11.7 Å². The molecule has 1 amide bonds. The molecule has 0 spiro atoms. The van der Waals surface area contributed by atoms with Crippen molar-refractivity contribution in [3.05, 3.63) is 75.2 Å². The zero-order valence-corrected chi connectivity index (χ0v) is 18.1. The number of ether oxygens (including phenoxy) is 1. The molecule has 2 heterocycles. The van der Waals surface area contributed by atoms with Crippen LogP contribution in [0, 0.1) is 0 Å². The maximum Gasteiger partial charge on any atom is 0.336 e. The molecule has 0 saturated heterocycles. The number of H-pyrrole nitrogens is 1. The lowest BCUT2D eigenvalue weighted by molar-refractivity contribution is -0.127. The third-order valence-corrected chi connectivity index (χ3v) is 5.60. The monoisotopic (exact) mass is 438 g/mol. The second kappa shape index (κ2) is 8.86. The molecule has 0 fully saturated rings. The van der Waals surface area contributed by atoms with E-state index in [4.69, 9.17) is 20.8 Å². The topological polar surface area (TPSA) is 84.3 Å². The molecule has 0 saturated carbocycles. The number of nitrogens with one attached hydrogen (secondary N) is 2. The van der Waals surface area contributed by atoms with Crippen molar-refractivity contribution in [3.63, 3.8) is 0 Å². The highest BCUT2D eigenvalue weighted by molar-refractivity contribution is 6.32. The van der Waals surface area contributed by atoms with Crippen molar-refractivity contribution >= 4 is 39.4 Å². The van der Waals surface area contributed by atoms with Gasteiger partial charge in [-0.05, 0) is 43.0 Å². The molecule has 31 heavy (non-hydrogen) atoms. The summed E-state index contributed by atoms with van der Waals surface area (Å²) in [6.07, 6.45) is 2.57. The summed E-state index contributed by atoms with van der Waals surface area (Å²) in [6, 6.07) is 12.8. The fourth-order valence-electron chi connectivity index (χ4n) is 3.66. The summed E-state index contributed by atoms with van der Waals surface area (Å²) < 4.78 is 11.1. The van der Waals surface area contributed by atoms with E-state index in [1.54, 1.807) is 19.1 Å². The van der Waals surface area contributed by atoms with Gasteiger partial charge in [0.2, 0.25) is 0 Å². The summed E-state index contributed by atoms with van der Waals surface area (Å²) in [5.41, 5.74) is 3.02. The van der Waals surface area contributed by atoms with Gasteiger partial charge in [-0.15, -0.1) is 0 Å². The molecule has 6 nitrogen and oxygen atoms in total. The van der Waals surface area contributed by atoms with Crippen molar-refractivity contribution in [1.82, 2.24) is 10.3 Å². The number of rotatable bonds is 7. The fraction of sp³-hybridized carbons (Fsp3) is 0.250. The van der Waals surface area contributed by atoms with Gasteiger partial charge in [0.15, 0.2) is 6.10 Å². The van der Waals surface area contributed by atoms with Gasteiger partial charge in [0, 0.05) is 41.2 Å². The lowest BCUT2D eigenvalue weighted by Crippen LogP contribution is -2.37. The highest BCUT2D eigenvalue weighted by Gasteiger charge is 2.18. The van der Waals surface area contributed by atoms with Crippen LogP contribution in [0.4, 0.5) is 0 Å². The number of aromatic nitrogens is 1. The average molecular weight is 439 g/mol. The molecular formula is C24H23ClN2O4. The minimum atomic E-state index is -0.765. The summed E-state index contributed by atoms with van der Waals surface area (Å²) in [5, 5.41) is 5.16. The second-order valence-corrected chi connectivity index (χ2v) is 7.79. The van der Waals surface area contributed by atoms with Crippen LogP contribution < -0.4 is 15.7 Å². The fourth-order valence-corrected chi connectivity index (χ4v) is 3.87. The number of amides is 1. The van der Waals surface area contributed by atoms with Gasteiger partial charge in [-0.2, -0.15) is 0 Å². The van der Waals surface area contributed by atoms with E-state index in [-0.39, 0.29) is 5.91 Å². The number of hydrogen-bond donors (Lipinski definition) is 2. The van der Waals surface area contributed by atoms with Gasteiger partial charge in [0.25, 0.3) is 5.91 Å². The summed E-state index contributed by atoms with van der Waals surface area (Å²) in [5.74, 6) is 0.0459. The Labute approximate surface area is 184 Å². The molecule has 0 radical (unpaired) electrons. The summed E-state index contributed by atoms with van der Waals surface area (Å²) in [6.45, 7) is 4.09. The van der Waals surface area contributed by atoms with Crippen LogP contribution in [0.3, 0.4) is 0 Å². The number of aromatic amines is 1. The lowest BCUT2D eigenvalue weighted by atomic mass is 10.1. The molecule has 2 aromatic heterocycles. The first-order valence-electron chi connectivity index (χ1n) is 10.2. The van der Waals surface area contributed by atoms with Crippen LogP contribution in [0.5, 0.6) is 5.75 Å². The molecule has 7 heteroatoms. The van der Waals surface area contributed by atoms with Gasteiger partial charge >= 0.3 is 5.63 Å². The zero-order valence-electron chi connectivity index (χ0n) is 17.3. The van der Waals surface area contributed by atoms with E-state index >= 15 is 0 Å². The van der Waals surface area contributed by atoms with E-state index in [0.29, 0.717) is 35.7 Å². The maximum absolute atomic E-state index is 12.5. The Morgan fingerprint density at radius 1 is 1.19 bits per heavy atom. The number of carbonyl (C=O) groups is 1. The minimum absolute atomic E-state index is 0.250. The Bertz CT molecular complexity index is 1310. The molecule has 0 aliphatic carbocycles. The molecule has 1 atom stereocenters. The highest BCUT2D eigenvalue weighted by atomic mass is 35.5. The van der Waals surface area contributed by atoms with E-state index in [2.05, 4.69) is 16.4 Å². The Morgan fingerprint density at radius 3 is 2.81 bits per heavy atom. The molecule has 4 aromatic rings. The first kappa shape index (κ1) is 21.0. The maximum atomic E-state index is 12.5. The standard InChI is InChI=1S/C24H23ClN2O4/c1-3-15-10-23(28)31-21-12-22(19(25)11-18(15)21)30-14(2)24(29)26-9-8-16-13-27-20-7-5-4-6-17(16)20/h4-7,10-14,27H,3,8-9H2,1-2H3,(H,26,29)/t14-/m1/s1. The molecule has 0 bridgehead atoms. The van der Waals surface area contributed by atoms with Crippen LogP contribution in [-0.4, -0.2) is 23.5 Å². The predicted molar refractivity (Wildman–Crippen MR) is 122 cm³/mol. The highest BCUT2D eigenvalue weighted by Crippen LogP contribution is 2.32. The second-order valence-electron chi connectivity index (χ2n) is 7.38. The van der Waals surface area contributed by atoms with Crippen LogP contribution in [-0.2, 0) is 17.6 Å². The third-order valence-electron chi connectivity index (χ3n) is 5.31. The van der Waals surface area contributed by atoms with E-state index in [1.165, 1.54) is 6.07 Å². The Morgan fingerprint density at radius 2 is 2.00 bits per heavy atom. The normalized spacial score (nSPS) is 12.2. The number of aryl methyl sites for hydroxylation is 1. The summed E-state index contributed by atoms with van der Waals surface area (Å²) in [4.78, 5) is 27.5. The van der Waals surface area contributed by atoms with Gasteiger partial charge in [0.1, 0.15) is 11.3 Å². The first-order valence-corrected chi connectivity index (χ1v) is 10.6. The molecule has 4 rings (SSSR count). The molecule has 2 aromatic carbocycles. The smallest absolute Gasteiger partial charge is 0.336 e. The van der Waals surface area contributed by atoms with E-state index in [0.717, 1.165) is 27.4 Å². The SMILES string of the molecule is CCc1cc(=O)oc2cc(O[C@H](C)C(=O)NCCc3c[nH]c4ccccc34)c(Cl)cc12. The van der Waals surface area contributed by atoms with Gasteiger partial charge in [-0.25, -0.2) is 4.79 Å². The predicted octanol–water partition coefficient (Wildman–Crippen LogP) is 4.62. The quantitative estimate of drug-likeness (QED) is 0.412. The average Bonchev–Trinajstić information content (AvgIpc) is 3.17. The van der Waals surface area contributed by atoms with Crippen LogP contribution in [0.2, 0.25) is 5.02 Å². The largest absolute Gasteiger partial charge is 0.479 e. The lowest BCUT2D eigenvalue weighted by Gasteiger charge is -2.16. The molecule has 0 aliphatic rings. The summed E-state index contributed by atoms with van der Waals surface area (Å²) >= 11 is 6.37. The Kier molecular flexibility index (Phi) is 6.00. The van der Waals surface area contributed by atoms with Crippen molar-refractivity contribution < 1.29 is 13.9 Å². The van der Waals surface area contributed by atoms with Crippen molar-refractivity contribution in [3.8, 4) is 5.75 Å². The number of carbonyl (C=O) groups excluding carboxylic acids is 1. The minimum Gasteiger partial charge on any atom is -0.479 e. The van der Waals surface area contributed by atoms with Crippen LogP contribution in [0.15, 0.2) is 57.9 Å². The van der Waals surface area contributed by atoms with Gasteiger partial charge in [-0.3, -0.25) is 4.79 Å². The zero-order chi connectivity index (χ0) is 22.0. The number of fused-ring (bicyclic) bond motifs is 2. The van der Waals surface area contributed by atoms with Crippen molar-refractivity contribution in [1.29, 1.82) is 0 Å². The van der Waals surface area contributed by atoms with E-state index in [1.807, 2.05) is 31.3 Å². The number of benzene rings is 2. The molecule has 0 aliphatic heterocycles. The molecule has 160 valence electrons. The summed E-state index contributed by atoms with van der Waals surface area (Å²) in [7, 11) is 0. The Hall–Kier alpha value is -3.25. The van der Waals surface area contributed by atoms with Gasteiger partial charge in [-0.1, -0.05) is 36.7 Å². The number of halogens is 1. The van der Waals surface area contributed by atoms with Crippen molar-refractivity contribution in [2.75, 3.05) is 6.54 Å². The van der Waals surface area contributed by atoms with Crippen LogP contribution in [0.1, 0.15) is 25.0 Å².